The van der Waals surface area contributed by atoms with E-state index in [4.69, 9.17) is 10.9 Å². The van der Waals surface area contributed by atoms with Gasteiger partial charge in [0.1, 0.15) is 0 Å². The van der Waals surface area contributed by atoms with Crippen LogP contribution in [0.2, 0.25) is 0 Å². The molecule has 4 rings (SSSR count). The first-order valence-electron chi connectivity index (χ1n) is 10.7. The Morgan fingerprint density at radius 2 is 1.67 bits per heavy atom. The van der Waals surface area contributed by atoms with Crippen molar-refractivity contribution in [2.24, 2.45) is 10.9 Å². The van der Waals surface area contributed by atoms with E-state index < -0.39 is 11.7 Å². The van der Waals surface area contributed by atoms with E-state index in [-0.39, 0.29) is 11.3 Å². The van der Waals surface area contributed by atoms with Gasteiger partial charge in [0.15, 0.2) is 5.84 Å². The molecule has 1 heterocycles. The Hall–Kier alpha value is -3.48. The molecule has 3 aromatic carbocycles. The zero-order chi connectivity index (χ0) is 24.0. The van der Waals surface area contributed by atoms with Crippen molar-refractivity contribution in [2.45, 2.75) is 38.8 Å². The lowest BCUT2D eigenvalue weighted by molar-refractivity contribution is -0.137. The first kappa shape index (κ1) is 22.7. The Bertz CT molecular complexity index is 1210. The molecular weight excluding hydrogens is 427 g/mol. The van der Waals surface area contributed by atoms with E-state index in [2.05, 4.69) is 30.0 Å². The van der Waals surface area contributed by atoms with Crippen molar-refractivity contribution in [1.82, 2.24) is 0 Å². The fraction of sp³-hybridized carbons (Fsp3) is 0.269. The van der Waals surface area contributed by atoms with Crippen LogP contribution in [0.3, 0.4) is 0 Å². The summed E-state index contributed by atoms with van der Waals surface area (Å²) in [5.74, 6) is 0.0698. The van der Waals surface area contributed by atoms with Crippen molar-refractivity contribution in [3.63, 3.8) is 0 Å². The second-order valence-corrected chi connectivity index (χ2v) is 9.08. The molecule has 172 valence electrons. The number of rotatable bonds is 3. The highest BCUT2D eigenvalue weighted by Gasteiger charge is 2.33. The summed E-state index contributed by atoms with van der Waals surface area (Å²) in [5, 5.41) is 12.1. The molecule has 7 heteroatoms. The molecule has 1 aliphatic heterocycles. The number of hydrogen-bond donors (Lipinski definition) is 2. The molecule has 3 aromatic rings. The molecule has 4 nitrogen and oxygen atoms in total. The van der Waals surface area contributed by atoms with Crippen molar-refractivity contribution >= 4 is 17.2 Å². The lowest BCUT2D eigenvalue weighted by Crippen LogP contribution is -2.34. The minimum absolute atomic E-state index is 0.0698. The summed E-state index contributed by atoms with van der Waals surface area (Å²) in [6.07, 6.45) is -3.43. The molecule has 1 aliphatic rings. The summed E-state index contributed by atoms with van der Waals surface area (Å²) in [5.41, 5.74) is 11.4. The van der Waals surface area contributed by atoms with Gasteiger partial charge in [-0.15, -0.1) is 0 Å². The first-order chi connectivity index (χ1) is 15.5. The summed E-state index contributed by atoms with van der Waals surface area (Å²) < 4.78 is 38.8. The monoisotopic (exact) mass is 453 g/mol. The number of fused-ring (bicyclic) bond motifs is 1. The highest BCUT2D eigenvalue weighted by Crippen LogP contribution is 2.44. The highest BCUT2D eigenvalue weighted by molar-refractivity contribution is 5.98. The third-order valence-electron chi connectivity index (χ3n) is 6.43. The number of aryl methyl sites for hydroxylation is 1. The fourth-order valence-electron chi connectivity index (χ4n) is 4.42. The summed E-state index contributed by atoms with van der Waals surface area (Å²) >= 11 is 0. The normalized spacial score (nSPS) is 15.9. The Labute approximate surface area is 191 Å². The maximum absolute atomic E-state index is 12.9. The topological polar surface area (TPSA) is 61.8 Å². The van der Waals surface area contributed by atoms with Gasteiger partial charge in [0.2, 0.25) is 0 Å². The van der Waals surface area contributed by atoms with Crippen LogP contribution in [0.5, 0.6) is 0 Å². The maximum Gasteiger partial charge on any atom is 0.416 e. The van der Waals surface area contributed by atoms with Gasteiger partial charge in [0, 0.05) is 23.5 Å². The second-order valence-electron chi connectivity index (χ2n) is 9.08. The van der Waals surface area contributed by atoms with Crippen LogP contribution >= 0.6 is 0 Å². The van der Waals surface area contributed by atoms with E-state index >= 15 is 0 Å². The number of alkyl halides is 3. The van der Waals surface area contributed by atoms with Gasteiger partial charge in [-0.2, -0.15) is 13.2 Å². The van der Waals surface area contributed by atoms with E-state index in [1.54, 1.807) is 0 Å². The number of hydrogen-bond acceptors (Lipinski definition) is 3. The van der Waals surface area contributed by atoms with Crippen LogP contribution in [0.1, 0.15) is 42.5 Å². The van der Waals surface area contributed by atoms with Crippen molar-refractivity contribution in [3.05, 3.63) is 82.9 Å². The minimum atomic E-state index is -4.35. The third-order valence-corrected chi connectivity index (χ3v) is 6.43. The molecule has 3 N–H and O–H groups in total. The number of amidine groups is 1. The van der Waals surface area contributed by atoms with Crippen LogP contribution in [0.4, 0.5) is 24.5 Å². The Morgan fingerprint density at radius 3 is 2.27 bits per heavy atom. The maximum atomic E-state index is 12.9. The third kappa shape index (κ3) is 4.27. The van der Waals surface area contributed by atoms with Gasteiger partial charge in [-0.3, -0.25) is 0 Å². The van der Waals surface area contributed by atoms with E-state index in [0.29, 0.717) is 5.56 Å². The van der Waals surface area contributed by atoms with Crippen molar-refractivity contribution < 1.29 is 18.4 Å². The smallest absolute Gasteiger partial charge is 0.409 e. The second kappa shape index (κ2) is 8.14. The quantitative estimate of drug-likeness (QED) is 0.203. The highest BCUT2D eigenvalue weighted by atomic mass is 19.4. The summed E-state index contributed by atoms with van der Waals surface area (Å²) in [7, 11) is 0. The summed E-state index contributed by atoms with van der Waals surface area (Å²) in [4.78, 5) is 2.24. The number of benzene rings is 3. The number of anilines is 2. The van der Waals surface area contributed by atoms with Crippen molar-refractivity contribution in [2.75, 3.05) is 11.4 Å². The zero-order valence-electron chi connectivity index (χ0n) is 18.7. The number of oxime groups is 1. The number of nitrogens with two attached hydrogens (primary N) is 1. The molecular formula is C26H26F3N3O. The molecule has 0 spiro atoms. The molecule has 0 radical (unpaired) electrons. The molecule has 0 atom stereocenters. The van der Waals surface area contributed by atoms with Gasteiger partial charge in [-0.05, 0) is 83.5 Å². The van der Waals surface area contributed by atoms with E-state index in [1.165, 1.54) is 12.1 Å². The molecule has 0 fully saturated rings. The van der Waals surface area contributed by atoms with Gasteiger partial charge >= 0.3 is 6.18 Å². The predicted molar refractivity (Wildman–Crippen MR) is 125 cm³/mol. The molecule has 0 aliphatic carbocycles. The average molecular weight is 454 g/mol. The number of halogens is 3. The Morgan fingerprint density at radius 1 is 1.00 bits per heavy atom. The fourth-order valence-corrected chi connectivity index (χ4v) is 4.42. The van der Waals surface area contributed by atoms with Crippen LogP contribution < -0.4 is 10.6 Å². The lowest BCUT2D eigenvalue weighted by Gasteiger charge is -2.40. The molecule has 33 heavy (non-hydrogen) atoms. The van der Waals surface area contributed by atoms with Gasteiger partial charge in [-0.1, -0.05) is 37.2 Å². The zero-order valence-corrected chi connectivity index (χ0v) is 18.7. The lowest BCUT2D eigenvalue weighted by atomic mass is 9.76. The van der Waals surface area contributed by atoms with E-state index in [0.717, 1.165) is 58.7 Å². The van der Waals surface area contributed by atoms with Gasteiger partial charge in [-0.25, -0.2) is 0 Å². The van der Waals surface area contributed by atoms with E-state index in [1.807, 2.05) is 37.3 Å². The summed E-state index contributed by atoms with van der Waals surface area (Å²) in [6.45, 7) is 7.11. The van der Waals surface area contributed by atoms with Gasteiger partial charge in [0.25, 0.3) is 0 Å². The molecule has 0 saturated heterocycles. The largest absolute Gasteiger partial charge is 0.416 e. The standard InChI is InChI=1S/C26H26F3N3O/c1-16-14-20(9-10-21(16)24(30)31-33)32-13-12-25(2,3)22-15-18(6-11-23(22)32)17-4-7-19(8-5-17)26(27,28)29/h4-11,14-15,33H,12-13H2,1-3H3,(H2,30,31). The predicted octanol–water partition coefficient (Wildman–Crippen LogP) is 6.59. The molecule has 0 saturated carbocycles. The Kier molecular flexibility index (Phi) is 5.60. The summed E-state index contributed by atoms with van der Waals surface area (Å²) in [6, 6.07) is 17.2. The van der Waals surface area contributed by atoms with Crippen LogP contribution in [0.15, 0.2) is 65.8 Å². The van der Waals surface area contributed by atoms with Crippen LogP contribution in [-0.4, -0.2) is 17.6 Å². The van der Waals surface area contributed by atoms with Gasteiger partial charge in [0.05, 0.1) is 5.56 Å². The van der Waals surface area contributed by atoms with Gasteiger partial charge < -0.3 is 15.8 Å². The first-order valence-corrected chi connectivity index (χ1v) is 10.7. The average Bonchev–Trinajstić information content (AvgIpc) is 2.78. The minimum Gasteiger partial charge on any atom is -0.409 e. The molecule has 0 aromatic heterocycles. The van der Waals surface area contributed by atoms with E-state index in [9.17, 15) is 13.2 Å². The molecule has 0 unspecified atom stereocenters. The van der Waals surface area contributed by atoms with Crippen LogP contribution in [0.25, 0.3) is 11.1 Å². The Balaban J connectivity index is 1.74. The van der Waals surface area contributed by atoms with Crippen molar-refractivity contribution in [1.29, 1.82) is 0 Å². The van der Waals surface area contributed by atoms with Crippen LogP contribution in [0, 0.1) is 6.92 Å². The molecule has 0 bridgehead atoms. The van der Waals surface area contributed by atoms with Crippen LogP contribution in [-0.2, 0) is 11.6 Å². The van der Waals surface area contributed by atoms with Crippen molar-refractivity contribution in [3.8, 4) is 11.1 Å². The SMILES string of the molecule is Cc1cc(N2CCC(C)(C)c3cc(-c4ccc(C(F)(F)F)cc4)ccc32)ccc1C(N)=NO. The number of nitrogens with zero attached hydrogens (tertiary/aromatic N) is 2. The molecule has 0 amide bonds.